The van der Waals surface area contributed by atoms with Crippen LogP contribution in [-0.2, 0) is 42.6 Å². The average molecular weight is 962 g/mol. The Hall–Kier alpha value is -7.18. The minimum atomic E-state index is -1.00. The van der Waals surface area contributed by atoms with Gasteiger partial charge in [0.2, 0.25) is 11.8 Å². The first kappa shape index (κ1) is 46.2. The number of aliphatic hydroxyl groups is 1. The highest BCUT2D eigenvalue weighted by Crippen LogP contribution is 2.41. The summed E-state index contributed by atoms with van der Waals surface area (Å²) in [4.78, 5) is 97.9. The number of aromatic nitrogens is 4. The fourth-order valence-corrected chi connectivity index (χ4v) is 11.7. The summed E-state index contributed by atoms with van der Waals surface area (Å²) in [6.45, 7) is 15.9. The van der Waals surface area contributed by atoms with Crippen molar-refractivity contribution in [2.45, 2.75) is 91.6 Å². The summed E-state index contributed by atoms with van der Waals surface area (Å²) in [7, 11) is 1.68. The van der Waals surface area contributed by atoms with E-state index in [-0.39, 0.29) is 65.0 Å². The van der Waals surface area contributed by atoms with E-state index in [2.05, 4.69) is 69.5 Å². The van der Waals surface area contributed by atoms with Gasteiger partial charge < -0.3 is 29.4 Å². The zero-order valence-electron chi connectivity index (χ0n) is 41.0. The lowest BCUT2D eigenvalue weighted by molar-refractivity contribution is -0.136. The summed E-state index contributed by atoms with van der Waals surface area (Å²) in [5.74, 6) is -1.29. The second kappa shape index (κ2) is 17.0. The summed E-state index contributed by atoms with van der Waals surface area (Å²) < 4.78 is 3.65. The molecule has 5 aliphatic heterocycles. The molecule has 18 heteroatoms. The van der Waals surface area contributed by atoms with Gasteiger partial charge in [-0.15, -0.1) is 0 Å². The molecule has 3 saturated heterocycles. The Morgan fingerprint density at radius 3 is 2.34 bits per heavy atom. The number of hydrogen-bond donors (Lipinski definition) is 3. The molecule has 0 saturated carbocycles. The van der Waals surface area contributed by atoms with Crippen molar-refractivity contribution < 1.29 is 29.1 Å². The van der Waals surface area contributed by atoms with Crippen LogP contribution in [0.2, 0.25) is 0 Å². The number of piperidine rings is 1. The maximum Gasteiger partial charge on any atom is 0.276 e. The van der Waals surface area contributed by atoms with Gasteiger partial charge in [0.25, 0.3) is 23.3 Å². The smallest absolute Gasteiger partial charge is 0.276 e. The van der Waals surface area contributed by atoms with Crippen molar-refractivity contribution in [1.82, 2.24) is 34.2 Å². The van der Waals surface area contributed by atoms with Gasteiger partial charge in [0.15, 0.2) is 0 Å². The molecule has 0 radical (unpaired) electrons. The molecule has 5 aromatic rings. The number of aliphatic hydroxyl groups excluding tert-OH is 1. The van der Waals surface area contributed by atoms with Crippen LogP contribution in [0.15, 0.2) is 71.9 Å². The Kier molecular flexibility index (Phi) is 11.1. The van der Waals surface area contributed by atoms with Gasteiger partial charge in [0.1, 0.15) is 29.1 Å². The van der Waals surface area contributed by atoms with Gasteiger partial charge in [-0.2, -0.15) is 0 Å². The van der Waals surface area contributed by atoms with Crippen molar-refractivity contribution in [2.75, 3.05) is 59.3 Å². The van der Waals surface area contributed by atoms with Crippen LogP contribution in [0.5, 0.6) is 0 Å². The Balaban J connectivity index is 0.756. The minimum Gasteiger partial charge on any atom is -0.392 e. The topological polar surface area (TPSA) is 199 Å². The van der Waals surface area contributed by atoms with E-state index in [1.807, 2.05) is 30.5 Å². The number of benzene rings is 1. The molecule has 368 valence electrons. The zero-order valence-corrected chi connectivity index (χ0v) is 41.0. The molecule has 3 N–H and O–H groups in total. The van der Waals surface area contributed by atoms with Crippen LogP contribution in [0.25, 0.3) is 11.1 Å². The summed E-state index contributed by atoms with van der Waals surface area (Å²) >= 11 is 0. The highest BCUT2D eigenvalue weighted by atomic mass is 16.3. The molecule has 9 heterocycles. The Labute approximate surface area is 411 Å². The fourth-order valence-electron chi connectivity index (χ4n) is 11.7. The molecule has 18 nitrogen and oxygen atoms in total. The number of carbonyl (C=O) groups is 5. The van der Waals surface area contributed by atoms with Crippen molar-refractivity contribution >= 4 is 58.2 Å². The summed E-state index contributed by atoms with van der Waals surface area (Å²) in [6.07, 6.45) is 7.26. The molecule has 5 amide bonds. The Bertz CT molecular complexity index is 3130. The van der Waals surface area contributed by atoms with E-state index in [4.69, 9.17) is 4.98 Å². The molecular formula is C53H59N11O7. The molecule has 0 bridgehead atoms. The number of piperazine rings is 1. The van der Waals surface area contributed by atoms with Crippen molar-refractivity contribution in [1.29, 1.82) is 0 Å². The predicted octanol–water partition coefficient (Wildman–Crippen LogP) is 4.49. The molecule has 6 aliphatic rings. The summed E-state index contributed by atoms with van der Waals surface area (Å²) in [5.41, 5.74) is 7.46. The van der Waals surface area contributed by atoms with E-state index >= 15 is 0 Å². The lowest BCUT2D eigenvalue weighted by Gasteiger charge is -2.54. The molecule has 71 heavy (non-hydrogen) atoms. The maximum absolute atomic E-state index is 14.0. The van der Waals surface area contributed by atoms with Gasteiger partial charge in [-0.05, 0) is 89.8 Å². The molecule has 1 aliphatic carbocycles. The number of anilines is 5. The highest BCUT2D eigenvalue weighted by Gasteiger charge is 2.46. The van der Waals surface area contributed by atoms with Crippen molar-refractivity contribution in [3.8, 4) is 11.1 Å². The second-order valence-electron chi connectivity index (χ2n) is 21.8. The lowest BCUT2D eigenvalue weighted by Crippen LogP contribution is -2.67. The number of fused-ring (bicyclic) bond motifs is 4. The molecular weight excluding hydrogens is 903 g/mol. The SMILES string of the molecule is Cn1cc(-c2ccnc(N3CCn4c(cc5c4CC(C)(C)C5)C3=O)c2CO)cc(Nc2ccc(N3CCN(C4CN(c5ccc6c(c5)C(=O)N(C5CCC(=O)NC5=O)C6=O)C4)C[C@@H]3C(C)(C)C)cn2)c1=O. The number of hydrogen-bond acceptors (Lipinski definition) is 13. The van der Waals surface area contributed by atoms with E-state index in [0.717, 1.165) is 61.8 Å². The molecule has 1 unspecified atom stereocenters. The molecule has 1 aromatic carbocycles. The molecule has 2 atom stereocenters. The predicted molar refractivity (Wildman–Crippen MR) is 267 cm³/mol. The Morgan fingerprint density at radius 1 is 0.831 bits per heavy atom. The molecule has 0 spiro atoms. The van der Waals surface area contributed by atoms with Gasteiger partial charge in [-0.25, -0.2) is 9.97 Å². The first-order valence-electron chi connectivity index (χ1n) is 24.5. The number of imide groups is 2. The quantitative estimate of drug-likeness (QED) is 0.175. The van der Waals surface area contributed by atoms with Gasteiger partial charge in [0, 0.05) is 106 Å². The van der Waals surface area contributed by atoms with Gasteiger partial charge >= 0.3 is 0 Å². The van der Waals surface area contributed by atoms with Crippen molar-refractivity contribution in [2.24, 2.45) is 17.9 Å². The van der Waals surface area contributed by atoms with Crippen LogP contribution in [0.3, 0.4) is 0 Å². The number of nitrogens with one attached hydrogen (secondary N) is 2. The van der Waals surface area contributed by atoms with E-state index in [9.17, 15) is 33.9 Å². The van der Waals surface area contributed by atoms with Gasteiger partial charge in [-0.3, -0.25) is 48.8 Å². The monoisotopic (exact) mass is 961 g/mol. The molecule has 3 fully saturated rings. The third-order valence-electron chi connectivity index (χ3n) is 15.5. The first-order chi connectivity index (χ1) is 33.9. The van der Waals surface area contributed by atoms with Crippen LogP contribution in [0, 0.1) is 10.8 Å². The average Bonchev–Trinajstić information content (AvgIpc) is 3.90. The van der Waals surface area contributed by atoms with E-state index in [1.54, 1.807) is 48.6 Å². The number of pyridine rings is 3. The van der Waals surface area contributed by atoms with Gasteiger partial charge in [-0.1, -0.05) is 34.6 Å². The third-order valence-corrected chi connectivity index (χ3v) is 15.5. The molecule has 4 aromatic heterocycles. The second-order valence-corrected chi connectivity index (χ2v) is 21.8. The number of nitrogens with zero attached hydrogens (tertiary/aromatic N) is 9. The fraction of sp³-hybridized carbons (Fsp3) is 0.434. The van der Waals surface area contributed by atoms with Crippen LogP contribution < -0.4 is 30.9 Å². The Morgan fingerprint density at radius 2 is 1.61 bits per heavy atom. The van der Waals surface area contributed by atoms with E-state index in [0.29, 0.717) is 52.8 Å². The van der Waals surface area contributed by atoms with Crippen LogP contribution >= 0.6 is 0 Å². The number of carbonyl (C=O) groups excluding carboxylic acids is 5. The summed E-state index contributed by atoms with van der Waals surface area (Å²) in [6, 6.07) is 14.2. The first-order valence-corrected chi connectivity index (χ1v) is 24.5. The zero-order chi connectivity index (χ0) is 49.8. The van der Waals surface area contributed by atoms with Gasteiger partial charge in [0.05, 0.1) is 29.6 Å². The third kappa shape index (κ3) is 7.96. The summed E-state index contributed by atoms with van der Waals surface area (Å²) in [5, 5.41) is 16.3. The van der Waals surface area contributed by atoms with Crippen LogP contribution in [0.1, 0.15) is 95.5 Å². The maximum atomic E-state index is 14.0. The minimum absolute atomic E-state index is 0.0709. The van der Waals surface area contributed by atoms with Crippen LogP contribution in [0.4, 0.5) is 28.7 Å². The van der Waals surface area contributed by atoms with Crippen LogP contribution in [-0.4, -0.2) is 121 Å². The highest BCUT2D eigenvalue weighted by molar-refractivity contribution is 6.23. The van der Waals surface area contributed by atoms with E-state index < -0.39 is 29.7 Å². The standard InChI is InChI=1S/C53H59N11O7/c1-52(2,3)43-28-59(34-26-60(27-34)32-7-9-36-37(21-32)49(69)64(48(36)68)40-10-12-45(66)57-47(40)67)15-16-61(43)33-8-11-44(55-24-33)56-39-19-31(25-58(6)50(39)70)35-13-14-54-46(38(35)29-65)63-18-17-62-41(51(63)71)20-30-22-53(4,5)23-42(30)62/h7-9,11,13-14,19-21,24-25,34,40,43,65H,10,12,15-18,22-23,26-29H2,1-6H3,(H,55,56)(H,57,66,67)/t40?,43-/m1/s1. The molecule has 11 rings (SSSR count). The number of amides is 5. The normalized spacial score (nSPS) is 21.4. The van der Waals surface area contributed by atoms with Crippen molar-refractivity contribution in [3.63, 3.8) is 0 Å². The van der Waals surface area contributed by atoms with Crippen molar-refractivity contribution in [3.05, 3.63) is 111 Å². The van der Waals surface area contributed by atoms with E-state index in [1.165, 1.54) is 15.8 Å². The number of aryl methyl sites for hydroxylation is 1. The largest absolute Gasteiger partial charge is 0.392 e. The lowest BCUT2D eigenvalue weighted by atomic mass is 9.83. The number of rotatable bonds is 9.